The molecule has 0 unspecified atom stereocenters. The molecule has 1 fully saturated rings. The SMILES string of the molecule is O=C(CNC1CC1)Nc1[nH]ncc1Br. The third-order valence-electron chi connectivity index (χ3n) is 1.99. The summed E-state index contributed by atoms with van der Waals surface area (Å²) >= 11 is 3.26. The Kier molecular flexibility index (Phi) is 2.83. The maximum atomic E-state index is 11.4. The van der Waals surface area contributed by atoms with Crippen molar-refractivity contribution in [3.63, 3.8) is 0 Å². The van der Waals surface area contributed by atoms with Crippen LogP contribution < -0.4 is 10.6 Å². The van der Waals surface area contributed by atoms with E-state index < -0.39 is 0 Å². The van der Waals surface area contributed by atoms with Crippen molar-refractivity contribution in [2.75, 3.05) is 11.9 Å². The van der Waals surface area contributed by atoms with Crippen molar-refractivity contribution in [3.8, 4) is 0 Å². The summed E-state index contributed by atoms with van der Waals surface area (Å²) in [7, 11) is 0. The monoisotopic (exact) mass is 258 g/mol. The molecule has 2 rings (SSSR count). The largest absolute Gasteiger partial charge is 0.309 e. The van der Waals surface area contributed by atoms with E-state index >= 15 is 0 Å². The van der Waals surface area contributed by atoms with Crippen LogP contribution in [0.25, 0.3) is 0 Å². The zero-order valence-electron chi connectivity index (χ0n) is 7.51. The molecule has 1 aromatic rings. The van der Waals surface area contributed by atoms with Gasteiger partial charge in [-0.05, 0) is 28.8 Å². The number of rotatable bonds is 4. The van der Waals surface area contributed by atoms with E-state index in [9.17, 15) is 4.79 Å². The molecule has 3 N–H and O–H groups in total. The number of carbonyl (C=O) groups is 1. The lowest BCUT2D eigenvalue weighted by atomic mass is 10.5. The Morgan fingerprint density at radius 3 is 3.07 bits per heavy atom. The minimum absolute atomic E-state index is 0.0538. The Balaban J connectivity index is 1.78. The molecular formula is C8H11BrN4O. The summed E-state index contributed by atoms with van der Waals surface area (Å²) in [5, 5.41) is 12.3. The minimum Gasteiger partial charge on any atom is -0.309 e. The van der Waals surface area contributed by atoms with Gasteiger partial charge in [0.05, 0.1) is 17.2 Å². The van der Waals surface area contributed by atoms with E-state index in [1.807, 2.05) is 0 Å². The number of carbonyl (C=O) groups excluding carboxylic acids is 1. The Bertz CT molecular complexity index is 334. The molecule has 1 saturated carbocycles. The highest BCUT2D eigenvalue weighted by atomic mass is 79.9. The summed E-state index contributed by atoms with van der Waals surface area (Å²) < 4.78 is 0.761. The second-order valence-electron chi connectivity index (χ2n) is 3.30. The number of hydrogen-bond acceptors (Lipinski definition) is 3. The van der Waals surface area contributed by atoms with Gasteiger partial charge in [-0.3, -0.25) is 9.89 Å². The second kappa shape index (κ2) is 4.10. The molecule has 0 spiro atoms. The minimum atomic E-state index is -0.0538. The molecule has 1 aliphatic carbocycles. The van der Waals surface area contributed by atoms with E-state index in [2.05, 4.69) is 36.8 Å². The summed E-state index contributed by atoms with van der Waals surface area (Å²) in [6, 6.07) is 0.547. The lowest BCUT2D eigenvalue weighted by Gasteiger charge is -2.03. The van der Waals surface area contributed by atoms with E-state index in [0.29, 0.717) is 18.4 Å². The number of aromatic nitrogens is 2. The Labute approximate surface area is 89.8 Å². The smallest absolute Gasteiger partial charge is 0.239 e. The van der Waals surface area contributed by atoms with Crippen molar-refractivity contribution >= 4 is 27.7 Å². The van der Waals surface area contributed by atoms with Crippen LogP contribution in [0.2, 0.25) is 0 Å². The molecule has 0 aromatic carbocycles. The van der Waals surface area contributed by atoms with Gasteiger partial charge >= 0.3 is 0 Å². The van der Waals surface area contributed by atoms with Gasteiger partial charge in [-0.15, -0.1) is 0 Å². The molecule has 6 heteroatoms. The van der Waals surface area contributed by atoms with Crippen LogP contribution in [0.3, 0.4) is 0 Å². The van der Waals surface area contributed by atoms with Gasteiger partial charge < -0.3 is 10.6 Å². The number of nitrogens with one attached hydrogen (secondary N) is 3. The highest BCUT2D eigenvalue weighted by Gasteiger charge is 2.21. The molecule has 1 aromatic heterocycles. The fraction of sp³-hybridized carbons (Fsp3) is 0.500. The molecule has 5 nitrogen and oxygen atoms in total. The fourth-order valence-electron chi connectivity index (χ4n) is 1.07. The van der Waals surface area contributed by atoms with E-state index in [1.165, 1.54) is 12.8 Å². The van der Waals surface area contributed by atoms with Gasteiger partial charge in [0.2, 0.25) is 5.91 Å². The van der Waals surface area contributed by atoms with Gasteiger partial charge in [-0.2, -0.15) is 5.10 Å². The number of H-pyrrole nitrogens is 1. The summed E-state index contributed by atoms with van der Waals surface area (Å²) in [6.45, 7) is 0.357. The quantitative estimate of drug-likeness (QED) is 0.751. The van der Waals surface area contributed by atoms with Gasteiger partial charge in [0, 0.05) is 6.04 Å². The Morgan fingerprint density at radius 2 is 2.50 bits per heavy atom. The van der Waals surface area contributed by atoms with Gasteiger partial charge in [-0.25, -0.2) is 0 Å². The van der Waals surface area contributed by atoms with Crippen LogP contribution in [0.5, 0.6) is 0 Å². The van der Waals surface area contributed by atoms with Crippen molar-refractivity contribution in [3.05, 3.63) is 10.7 Å². The molecule has 0 aliphatic heterocycles. The maximum absolute atomic E-state index is 11.4. The number of aromatic amines is 1. The average Bonchev–Trinajstić information content (AvgIpc) is 2.90. The van der Waals surface area contributed by atoms with Crippen LogP contribution in [0.15, 0.2) is 10.7 Å². The maximum Gasteiger partial charge on any atom is 0.239 e. The summed E-state index contributed by atoms with van der Waals surface area (Å²) in [5.74, 6) is 0.550. The standard InChI is InChI=1S/C8H11BrN4O/c9-6-3-11-13-8(6)12-7(14)4-10-5-1-2-5/h3,5,10H,1-2,4H2,(H2,11,12,13,14). The van der Waals surface area contributed by atoms with Crippen LogP contribution in [-0.4, -0.2) is 28.7 Å². The van der Waals surface area contributed by atoms with E-state index in [4.69, 9.17) is 0 Å². The summed E-state index contributed by atoms with van der Waals surface area (Å²) in [6.07, 6.45) is 3.96. The first kappa shape index (κ1) is 9.67. The lowest BCUT2D eigenvalue weighted by Crippen LogP contribution is -2.29. The number of anilines is 1. The third-order valence-corrected chi connectivity index (χ3v) is 2.59. The summed E-state index contributed by atoms with van der Waals surface area (Å²) in [5.41, 5.74) is 0. The molecule has 14 heavy (non-hydrogen) atoms. The topological polar surface area (TPSA) is 69.8 Å². The normalized spacial score (nSPS) is 15.5. The van der Waals surface area contributed by atoms with Crippen LogP contribution in [0.4, 0.5) is 5.82 Å². The number of nitrogens with zero attached hydrogens (tertiary/aromatic N) is 1. The lowest BCUT2D eigenvalue weighted by molar-refractivity contribution is -0.115. The van der Waals surface area contributed by atoms with E-state index in [0.717, 1.165) is 4.47 Å². The van der Waals surface area contributed by atoms with Gasteiger partial charge in [0.1, 0.15) is 5.82 Å². The molecule has 0 saturated heterocycles. The zero-order chi connectivity index (χ0) is 9.97. The van der Waals surface area contributed by atoms with Crippen molar-refractivity contribution in [2.24, 2.45) is 0 Å². The van der Waals surface area contributed by atoms with Crippen molar-refractivity contribution in [2.45, 2.75) is 18.9 Å². The van der Waals surface area contributed by atoms with Crippen molar-refractivity contribution in [1.82, 2.24) is 15.5 Å². The number of amides is 1. The predicted octanol–water partition coefficient (Wildman–Crippen LogP) is 0.863. The first-order valence-electron chi connectivity index (χ1n) is 4.48. The predicted molar refractivity (Wildman–Crippen MR) is 55.9 cm³/mol. The highest BCUT2D eigenvalue weighted by molar-refractivity contribution is 9.10. The number of halogens is 1. The Hall–Kier alpha value is -0.880. The van der Waals surface area contributed by atoms with Gasteiger partial charge in [0.25, 0.3) is 0 Å². The summed E-state index contributed by atoms with van der Waals surface area (Å²) in [4.78, 5) is 11.4. The average molecular weight is 259 g/mol. The van der Waals surface area contributed by atoms with Crippen LogP contribution in [-0.2, 0) is 4.79 Å². The van der Waals surface area contributed by atoms with E-state index in [1.54, 1.807) is 6.20 Å². The Morgan fingerprint density at radius 1 is 1.71 bits per heavy atom. The molecule has 76 valence electrons. The van der Waals surface area contributed by atoms with Crippen LogP contribution in [0, 0.1) is 0 Å². The fourth-order valence-corrected chi connectivity index (χ4v) is 1.36. The van der Waals surface area contributed by atoms with E-state index in [-0.39, 0.29) is 5.91 Å². The third kappa shape index (κ3) is 2.55. The molecule has 1 amide bonds. The molecular weight excluding hydrogens is 248 g/mol. The molecule has 1 heterocycles. The highest BCUT2D eigenvalue weighted by Crippen LogP contribution is 2.19. The number of hydrogen-bond donors (Lipinski definition) is 3. The first-order valence-corrected chi connectivity index (χ1v) is 5.27. The van der Waals surface area contributed by atoms with Crippen LogP contribution >= 0.6 is 15.9 Å². The van der Waals surface area contributed by atoms with Gasteiger partial charge in [0.15, 0.2) is 0 Å². The molecule has 0 atom stereocenters. The van der Waals surface area contributed by atoms with Crippen molar-refractivity contribution < 1.29 is 4.79 Å². The molecule has 0 bridgehead atoms. The zero-order valence-corrected chi connectivity index (χ0v) is 9.10. The van der Waals surface area contributed by atoms with Crippen LogP contribution in [0.1, 0.15) is 12.8 Å². The molecule has 0 radical (unpaired) electrons. The second-order valence-corrected chi connectivity index (χ2v) is 4.15. The van der Waals surface area contributed by atoms with Gasteiger partial charge in [-0.1, -0.05) is 0 Å². The first-order chi connectivity index (χ1) is 6.75. The van der Waals surface area contributed by atoms with Crippen molar-refractivity contribution in [1.29, 1.82) is 0 Å². The molecule has 1 aliphatic rings.